The molecule has 0 saturated heterocycles. The summed E-state index contributed by atoms with van der Waals surface area (Å²) in [4.78, 5) is 1.21. The molecule has 2 nitrogen and oxygen atoms in total. The molecule has 0 spiro atoms. The van der Waals surface area contributed by atoms with Crippen LogP contribution in [0.2, 0.25) is 0 Å². The van der Waals surface area contributed by atoms with Gasteiger partial charge in [-0.05, 0) is 105 Å². The van der Waals surface area contributed by atoms with Crippen LogP contribution in [0.15, 0.2) is 30.3 Å². The Kier molecular flexibility index (Phi) is 5.06. The lowest BCUT2D eigenvalue weighted by atomic mass is 9.41. The first-order valence-electron chi connectivity index (χ1n) is 12.0. The minimum Gasteiger partial charge on any atom is -0.376 e. The van der Waals surface area contributed by atoms with E-state index in [-0.39, 0.29) is 5.41 Å². The molecule has 29 heavy (non-hydrogen) atoms. The van der Waals surface area contributed by atoms with Crippen LogP contribution in [-0.4, -0.2) is 17.6 Å². The number of nitrogens with two attached hydrogens (primary N) is 1. The van der Waals surface area contributed by atoms with Crippen LogP contribution in [0.4, 0.5) is 0 Å². The number of hydrogen-bond donors (Lipinski definition) is 2. The highest BCUT2D eigenvalue weighted by Gasteiger charge is 2.61. The Morgan fingerprint density at radius 3 is 2.48 bits per heavy atom. The van der Waals surface area contributed by atoms with Crippen LogP contribution in [-0.2, 0) is 5.41 Å². The van der Waals surface area contributed by atoms with Crippen molar-refractivity contribution in [1.82, 2.24) is 5.32 Å². The van der Waals surface area contributed by atoms with Gasteiger partial charge in [0.15, 0.2) is 0 Å². The van der Waals surface area contributed by atoms with Crippen LogP contribution >= 0.6 is 12.2 Å². The first-order chi connectivity index (χ1) is 14.0. The topological polar surface area (TPSA) is 38.0 Å². The molecule has 3 N–H and O–H groups in total. The highest BCUT2D eigenvalue weighted by molar-refractivity contribution is 7.80. The third-order valence-electron chi connectivity index (χ3n) is 9.67. The minimum atomic E-state index is 0.221. The second kappa shape index (κ2) is 7.34. The van der Waals surface area contributed by atoms with E-state index in [1.165, 1.54) is 75.6 Å². The van der Waals surface area contributed by atoms with Crippen molar-refractivity contribution < 1.29 is 0 Å². The van der Waals surface area contributed by atoms with Crippen molar-refractivity contribution in [3.8, 4) is 0 Å². The van der Waals surface area contributed by atoms with Crippen molar-refractivity contribution in [2.24, 2.45) is 28.4 Å². The molecule has 0 radical (unpaired) electrons. The van der Waals surface area contributed by atoms with E-state index in [1.807, 2.05) is 0 Å². The van der Waals surface area contributed by atoms with Gasteiger partial charge < -0.3 is 11.1 Å². The number of benzene rings is 1. The largest absolute Gasteiger partial charge is 0.376 e. The fourth-order valence-electron chi connectivity index (χ4n) is 7.59. The molecular formula is C26H38N2S. The average Bonchev–Trinajstić information content (AvgIpc) is 2.76. The highest BCUT2D eigenvalue weighted by Crippen LogP contribution is 2.68. The zero-order valence-corrected chi connectivity index (χ0v) is 18.9. The number of rotatable bonds is 4. The number of fused-ring (bicyclic) bond motifs is 2. The normalized spacial score (nSPS) is 43.7. The summed E-state index contributed by atoms with van der Waals surface area (Å²) in [6, 6.07) is 12.0. The summed E-state index contributed by atoms with van der Waals surface area (Å²) in [5.41, 5.74) is 8.58. The second-order valence-corrected chi connectivity index (χ2v) is 11.7. The zero-order valence-electron chi connectivity index (χ0n) is 18.1. The summed E-state index contributed by atoms with van der Waals surface area (Å²) in [5.74, 6) is 1.55. The van der Waals surface area contributed by atoms with E-state index in [0.717, 1.165) is 18.4 Å². The van der Waals surface area contributed by atoms with Gasteiger partial charge in [-0.3, -0.25) is 0 Å². The van der Waals surface area contributed by atoms with Crippen LogP contribution in [0, 0.1) is 22.7 Å². The molecule has 0 amide bonds. The van der Waals surface area contributed by atoms with Gasteiger partial charge >= 0.3 is 0 Å². The maximum atomic E-state index is 6.23. The molecule has 4 saturated carbocycles. The molecule has 1 aromatic rings. The molecule has 4 atom stereocenters. The lowest BCUT2D eigenvalue weighted by Gasteiger charge is -2.64. The molecule has 1 aromatic carbocycles. The zero-order chi connectivity index (χ0) is 20.1. The Hall–Kier alpha value is -0.930. The van der Waals surface area contributed by atoms with E-state index in [1.54, 1.807) is 5.56 Å². The summed E-state index contributed by atoms with van der Waals surface area (Å²) >= 11 is 6.23. The van der Waals surface area contributed by atoms with E-state index >= 15 is 0 Å². The molecule has 158 valence electrons. The van der Waals surface area contributed by atoms with Gasteiger partial charge in [-0.15, -0.1) is 0 Å². The molecular weight excluding hydrogens is 372 g/mol. The van der Waals surface area contributed by atoms with Crippen LogP contribution in [0.3, 0.4) is 0 Å². The van der Waals surface area contributed by atoms with Crippen LogP contribution < -0.4 is 11.1 Å². The van der Waals surface area contributed by atoms with Crippen molar-refractivity contribution >= 4 is 17.2 Å². The molecule has 5 rings (SSSR count). The molecule has 0 aliphatic heterocycles. The summed E-state index contributed by atoms with van der Waals surface area (Å²) in [6.45, 7) is 3.42. The molecule has 3 heteroatoms. The standard InChI is InChI=1S/C26H38N2S/c1-24-11-13-25(20-5-3-2-4-6-20)15-21(24)16-26(18-25,14-12-24)23(29)28-22-9-7-19(17-27)8-10-22/h2-6,19,21-22H,7-18,27H2,1H3,(H,28,29). The fourth-order valence-corrected chi connectivity index (χ4v) is 8.01. The predicted molar refractivity (Wildman–Crippen MR) is 125 cm³/mol. The first kappa shape index (κ1) is 20.0. The Labute approximate surface area is 182 Å². The minimum absolute atomic E-state index is 0.221. The molecule has 3 bridgehead atoms. The average molecular weight is 411 g/mol. The van der Waals surface area contributed by atoms with Crippen molar-refractivity contribution in [2.75, 3.05) is 6.54 Å². The quantitative estimate of drug-likeness (QED) is 0.622. The van der Waals surface area contributed by atoms with Gasteiger partial charge in [0, 0.05) is 11.5 Å². The predicted octanol–water partition coefficient (Wildman–Crippen LogP) is 5.74. The van der Waals surface area contributed by atoms with Gasteiger partial charge in [0.25, 0.3) is 0 Å². The van der Waals surface area contributed by atoms with Crippen molar-refractivity contribution in [2.45, 2.75) is 89.0 Å². The molecule has 0 aromatic heterocycles. The Balaban J connectivity index is 1.40. The Morgan fingerprint density at radius 2 is 1.76 bits per heavy atom. The second-order valence-electron chi connectivity index (χ2n) is 11.3. The van der Waals surface area contributed by atoms with E-state index in [4.69, 9.17) is 18.0 Å². The molecule has 4 aliphatic rings. The summed E-state index contributed by atoms with van der Waals surface area (Å²) in [6.07, 6.45) is 14.4. The van der Waals surface area contributed by atoms with Crippen LogP contribution in [0.25, 0.3) is 0 Å². The van der Waals surface area contributed by atoms with E-state index in [2.05, 4.69) is 42.6 Å². The SMILES string of the molecule is CC12CCC3(C(=S)NC4CCC(CN)CC4)CC1CC(c1ccccc1)(CC2)C3. The first-order valence-corrected chi connectivity index (χ1v) is 12.4. The maximum absolute atomic E-state index is 6.23. The van der Waals surface area contributed by atoms with Crippen molar-refractivity contribution in [3.05, 3.63) is 35.9 Å². The number of thiocarbonyl (C=S) groups is 1. The number of nitrogens with one attached hydrogen (secondary N) is 1. The summed E-state index contributed by atoms with van der Waals surface area (Å²) in [7, 11) is 0. The summed E-state index contributed by atoms with van der Waals surface area (Å²) in [5, 5.41) is 3.91. The fraction of sp³-hybridized carbons (Fsp3) is 0.731. The lowest BCUT2D eigenvalue weighted by molar-refractivity contribution is -0.0727. The lowest BCUT2D eigenvalue weighted by Crippen LogP contribution is -2.60. The van der Waals surface area contributed by atoms with Crippen molar-refractivity contribution in [1.29, 1.82) is 0 Å². The third-order valence-corrected chi connectivity index (χ3v) is 10.2. The van der Waals surface area contributed by atoms with E-state index in [0.29, 0.717) is 16.9 Å². The summed E-state index contributed by atoms with van der Waals surface area (Å²) < 4.78 is 0. The van der Waals surface area contributed by atoms with Gasteiger partial charge in [-0.2, -0.15) is 0 Å². The molecule has 4 aliphatic carbocycles. The van der Waals surface area contributed by atoms with Crippen LogP contribution in [0.1, 0.15) is 83.1 Å². The third kappa shape index (κ3) is 3.37. The van der Waals surface area contributed by atoms with Gasteiger partial charge in [-0.25, -0.2) is 0 Å². The maximum Gasteiger partial charge on any atom is 0.0818 e. The van der Waals surface area contributed by atoms with E-state index in [9.17, 15) is 0 Å². The monoisotopic (exact) mass is 410 g/mol. The Bertz CT molecular complexity index is 755. The van der Waals surface area contributed by atoms with Crippen molar-refractivity contribution in [3.63, 3.8) is 0 Å². The van der Waals surface area contributed by atoms with Gasteiger partial charge in [-0.1, -0.05) is 49.5 Å². The highest BCUT2D eigenvalue weighted by atomic mass is 32.1. The molecule has 4 unspecified atom stereocenters. The van der Waals surface area contributed by atoms with Gasteiger partial charge in [0.1, 0.15) is 0 Å². The Morgan fingerprint density at radius 1 is 1.03 bits per heavy atom. The number of hydrogen-bond acceptors (Lipinski definition) is 2. The molecule has 4 fully saturated rings. The van der Waals surface area contributed by atoms with Gasteiger partial charge in [0.2, 0.25) is 0 Å². The molecule has 0 heterocycles. The smallest absolute Gasteiger partial charge is 0.0818 e. The van der Waals surface area contributed by atoms with Crippen LogP contribution in [0.5, 0.6) is 0 Å². The van der Waals surface area contributed by atoms with Gasteiger partial charge in [0.05, 0.1) is 4.99 Å². The van der Waals surface area contributed by atoms with E-state index < -0.39 is 0 Å².